The van der Waals surface area contributed by atoms with E-state index in [9.17, 15) is 9.90 Å². The number of nitrogens with zero attached hydrogens (tertiary/aromatic N) is 2. The molecular formula is C22H24N4O2. The number of carbonyl (C=O) groups is 1. The van der Waals surface area contributed by atoms with E-state index in [0.29, 0.717) is 23.6 Å². The van der Waals surface area contributed by atoms with Crippen LogP contribution in [-0.4, -0.2) is 33.1 Å². The molecule has 144 valence electrons. The molecule has 3 aromatic rings. The van der Waals surface area contributed by atoms with Gasteiger partial charge < -0.3 is 15.7 Å². The Balaban J connectivity index is 1.52. The first-order valence-electron chi connectivity index (χ1n) is 9.71. The number of benzene rings is 2. The first-order chi connectivity index (χ1) is 13.7. The zero-order chi connectivity index (χ0) is 19.3. The number of rotatable bonds is 5. The number of carbonyl (C=O) groups excluding carboxylic acids is 1. The van der Waals surface area contributed by atoms with Crippen LogP contribution >= 0.6 is 0 Å². The van der Waals surface area contributed by atoms with E-state index in [0.717, 1.165) is 36.6 Å². The molecule has 1 amide bonds. The van der Waals surface area contributed by atoms with E-state index in [-0.39, 0.29) is 18.1 Å². The summed E-state index contributed by atoms with van der Waals surface area (Å²) in [6.07, 6.45) is 4.91. The zero-order valence-electron chi connectivity index (χ0n) is 15.6. The van der Waals surface area contributed by atoms with E-state index in [1.807, 2.05) is 42.5 Å². The Morgan fingerprint density at radius 2 is 1.82 bits per heavy atom. The molecule has 0 unspecified atom stereocenters. The van der Waals surface area contributed by atoms with E-state index in [1.54, 1.807) is 12.3 Å². The number of nitrogens with one attached hydrogen (secondary N) is 2. The fourth-order valence-electron chi connectivity index (χ4n) is 3.58. The number of aliphatic hydroxyl groups excluding tert-OH is 1. The molecule has 28 heavy (non-hydrogen) atoms. The van der Waals surface area contributed by atoms with Crippen LogP contribution in [0.1, 0.15) is 41.6 Å². The lowest BCUT2D eigenvalue weighted by atomic mass is 9.93. The number of aliphatic hydroxyl groups is 1. The van der Waals surface area contributed by atoms with Crippen molar-refractivity contribution in [2.24, 2.45) is 0 Å². The molecule has 0 aliphatic heterocycles. The summed E-state index contributed by atoms with van der Waals surface area (Å²) in [5.41, 5.74) is 2.23. The average Bonchev–Trinajstić information content (AvgIpc) is 2.74. The molecule has 0 saturated heterocycles. The zero-order valence-corrected chi connectivity index (χ0v) is 15.6. The number of hydrogen-bond donors (Lipinski definition) is 3. The summed E-state index contributed by atoms with van der Waals surface area (Å²) in [5.74, 6) is 0.372. The van der Waals surface area contributed by atoms with Gasteiger partial charge in [-0.3, -0.25) is 4.79 Å². The smallest absolute Gasteiger partial charge is 0.253 e. The molecule has 0 spiro atoms. The Bertz CT molecular complexity index is 953. The van der Waals surface area contributed by atoms with Crippen molar-refractivity contribution in [1.82, 2.24) is 15.3 Å². The SMILES string of the molecule is O=C(NCc1ccccc1)c1cccc2cnc(N[C@H]3CC[C@H](O)CC3)nc12. The Morgan fingerprint density at radius 3 is 2.61 bits per heavy atom. The molecular weight excluding hydrogens is 352 g/mol. The molecule has 2 aromatic carbocycles. The highest BCUT2D eigenvalue weighted by Gasteiger charge is 2.20. The molecule has 0 atom stereocenters. The number of anilines is 1. The summed E-state index contributed by atoms with van der Waals surface area (Å²) in [4.78, 5) is 21.8. The number of fused-ring (bicyclic) bond motifs is 1. The quantitative estimate of drug-likeness (QED) is 0.636. The fourth-order valence-corrected chi connectivity index (χ4v) is 3.58. The third-order valence-electron chi connectivity index (χ3n) is 5.18. The van der Waals surface area contributed by atoms with Crippen LogP contribution in [0.15, 0.2) is 54.7 Å². The summed E-state index contributed by atoms with van der Waals surface area (Å²) in [5, 5.41) is 16.8. The predicted octanol–water partition coefficient (Wildman–Crippen LogP) is 3.28. The van der Waals surface area contributed by atoms with Crippen molar-refractivity contribution in [1.29, 1.82) is 0 Å². The van der Waals surface area contributed by atoms with Crippen molar-refractivity contribution < 1.29 is 9.90 Å². The van der Waals surface area contributed by atoms with Gasteiger partial charge in [0.15, 0.2) is 0 Å². The van der Waals surface area contributed by atoms with Gasteiger partial charge in [0.1, 0.15) is 0 Å². The highest BCUT2D eigenvalue weighted by molar-refractivity contribution is 6.05. The first-order valence-corrected chi connectivity index (χ1v) is 9.71. The van der Waals surface area contributed by atoms with Crippen LogP contribution in [0.3, 0.4) is 0 Å². The van der Waals surface area contributed by atoms with E-state index in [4.69, 9.17) is 0 Å². The maximum atomic E-state index is 12.7. The van der Waals surface area contributed by atoms with Gasteiger partial charge in [-0.15, -0.1) is 0 Å². The van der Waals surface area contributed by atoms with Gasteiger partial charge in [0.2, 0.25) is 5.95 Å². The molecule has 6 nitrogen and oxygen atoms in total. The van der Waals surface area contributed by atoms with Crippen LogP contribution in [0.4, 0.5) is 5.95 Å². The molecule has 0 radical (unpaired) electrons. The summed E-state index contributed by atoms with van der Waals surface area (Å²) in [6, 6.07) is 15.6. The van der Waals surface area contributed by atoms with Crippen LogP contribution < -0.4 is 10.6 Å². The highest BCUT2D eigenvalue weighted by Crippen LogP contribution is 2.23. The third-order valence-corrected chi connectivity index (χ3v) is 5.18. The Morgan fingerprint density at radius 1 is 1.04 bits per heavy atom. The number of hydrogen-bond acceptors (Lipinski definition) is 5. The van der Waals surface area contributed by atoms with E-state index < -0.39 is 0 Å². The highest BCUT2D eigenvalue weighted by atomic mass is 16.3. The standard InChI is InChI=1S/C22H24N4O2/c27-18-11-9-17(10-12-18)25-22-24-14-16-7-4-8-19(20(16)26-22)21(28)23-13-15-5-2-1-3-6-15/h1-8,14,17-18,27H,9-13H2,(H,23,28)(H,24,25,26)/t17-,18-. The molecule has 1 aromatic heterocycles. The molecule has 1 aliphatic rings. The maximum absolute atomic E-state index is 12.7. The third kappa shape index (κ3) is 4.28. The van der Waals surface area contributed by atoms with Crippen molar-refractivity contribution in [3.63, 3.8) is 0 Å². The second kappa shape index (κ2) is 8.35. The van der Waals surface area contributed by atoms with E-state index in [2.05, 4.69) is 20.6 Å². The molecule has 1 heterocycles. The summed E-state index contributed by atoms with van der Waals surface area (Å²) in [7, 11) is 0. The Labute approximate surface area is 164 Å². The van der Waals surface area contributed by atoms with Gasteiger partial charge in [0.05, 0.1) is 17.2 Å². The predicted molar refractivity (Wildman–Crippen MR) is 109 cm³/mol. The first kappa shape index (κ1) is 18.4. The van der Waals surface area contributed by atoms with Crippen LogP contribution in [-0.2, 0) is 6.54 Å². The number of aromatic nitrogens is 2. The minimum atomic E-state index is -0.199. The second-order valence-electron chi connectivity index (χ2n) is 7.26. The lowest BCUT2D eigenvalue weighted by molar-refractivity contribution is 0.0952. The number of para-hydroxylation sites is 1. The van der Waals surface area contributed by atoms with Crippen molar-refractivity contribution in [3.8, 4) is 0 Å². The maximum Gasteiger partial charge on any atom is 0.253 e. The van der Waals surface area contributed by atoms with Crippen molar-refractivity contribution >= 4 is 22.8 Å². The van der Waals surface area contributed by atoms with Gasteiger partial charge >= 0.3 is 0 Å². The minimum Gasteiger partial charge on any atom is -0.393 e. The lowest BCUT2D eigenvalue weighted by Gasteiger charge is -2.26. The van der Waals surface area contributed by atoms with Gasteiger partial charge in [-0.25, -0.2) is 9.97 Å². The van der Waals surface area contributed by atoms with Crippen LogP contribution in [0, 0.1) is 0 Å². The van der Waals surface area contributed by atoms with Crippen molar-refractivity contribution in [3.05, 3.63) is 65.9 Å². The van der Waals surface area contributed by atoms with Crippen molar-refractivity contribution in [2.75, 3.05) is 5.32 Å². The Kier molecular flexibility index (Phi) is 5.48. The van der Waals surface area contributed by atoms with Gasteiger partial charge in [-0.2, -0.15) is 0 Å². The van der Waals surface area contributed by atoms with Gasteiger partial charge in [-0.05, 0) is 37.3 Å². The summed E-state index contributed by atoms with van der Waals surface area (Å²) in [6.45, 7) is 0.469. The largest absolute Gasteiger partial charge is 0.393 e. The summed E-state index contributed by atoms with van der Waals surface area (Å²) >= 11 is 0. The molecule has 3 N–H and O–H groups in total. The van der Waals surface area contributed by atoms with Gasteiger partial charge in [0, 0.05) is 24.2 Å². The molecule has 4 rings (SSSR count). The topological polar surface area (TPSA) is 87.1 Å². The van der Waals surface area contributed by atoms with Gasteiger partial charge in [-0.1, -0.05) is 42.5 Å². The number of amides is 1. The molecule has 1 fully saturated rings. The average molecular weight is 376 g/mol. The normalized spacial score (nSPS) is 19.3. The Hall–Kier alpha value is -2.99. The fraction of sp³-hybridized carbons (Fsp3) is 0.318. The second-order valence-corrected chi connectivity index (χ2v) is 7.26. The van der Waals surface area contributed by atoms with Crippen LogP contribution in [0.25, 0.3) is 10.9 Å². The monoisotopic (exact) mass is 376 g/mol. The van der Waals surface area contributed by atoms with Crippen molar-refractivity contribution in [2.45, 2.75) is 44.4 Å². The van der Waals surface area contributed by atoms with Crippen LogP contribution in [0.2, 0.25) is 0 Å². The van der Waals surface area contributed by atoms with Crippen LogP contribution in [0.5, 0.6) is 0 Å². The van der Waals surface area contributed by atoms with Gasteiger partial charge in [0.25, 0.3) is 5.91 Å². The molecule has 1 saturated carbocycles. The summed E-state index contributed by atoms with van der Waals surface area (Å²) < 4.78 is 0. The molecule has 6 heteroatoms. The van der Waals surface area contributed by atoms with E-state index in [1.165, 1.54) is 0 Å². The minimum absolute atomic E-state index is 0.153. The molecule has 1 aliphatic carbocycles. The molecule has 0 bridgehead atoms. The lowest BCUT2D eigenvalue weighted by Crippen LogP contribution is -2.29. The van der Waals surface area contributed by atoms with E-state index >= 15 is 0 Å².